The molecule has 0 aliphatic carbocycles. The van der Waals surface area contributed by atoms with Gasteiger partial charge in [0.05, 0.1) is 16.3 Å². The predicted octanol–water partition coefficient (Wildman–Crippen LogP) is 4.05. The third-order valence-corrected chi connectivity index (χ3v) is 5.94. The number of nitrogens with one attached hydrogen (secondary N) is 2. The van der Waals surface area contributed by atoms with Crippen molar-refractivity contribution in [2.45, 2.75) is 19.1 Å². The number of hydrogen-bond acceptors (Lipinski definition) is 7. The van der Waals surface area contributed by atoms with Crippen molar-refractivity contribution in [1.82, 2.24) is 14.9 Å². The van der Waals surface area contributed by atoms with Crippen molar-refractivity contribution >= 4 is 34.9 Å². The number of ether oxygens (including phenoxy) is 1. The summed E-state index contributed by atoms with van der Waals surface area (Å²) in [4.78, 5) is 21.9. The molecule has 2 aromatic carbocycles. The summed E-state index contributed by atoms with van der Waals surface area (Å²) >= 11 is 6.42. The number of rotatable bonds is 8. The van der Waals surface area contributed by atoms with Gasteiger partial charge in [0.2, 0.25) is 5.91 Å². The monoisotopic (exact) mass is 494 g/mol. The van der Waals surface area contributed by atoms with Gasteiger partial charge < -0.3 is 20.7 Å². The number of nitrogens with zero attached hydrogens (tertiary/aromatic N) is 3. The Labute approximate surface area is 207 Å². The summed E-state index contributed by atoms with van der Waals surface area (Å²) in [7, 11) is 0. The molecule has 1 amide bonds. The van der Waals surface area contributed by atoms with Crippen molar-refractivity contribution in [2.24, 2.45) is 0 Å². The lowest BCUT2D eigenvalue weighted by molar-refractivity contribution is -0.125. The van der Waals surface area contributed by atoms with Crippen molar-refractivity contribution in [2.75, 3.05) is 24.1 Å². The average Bonchev–Trinajstić information content (AvgIpc) is 3.31. The number of amides is 1. The van der Waals surface area contributed by atoms with Crippen molar-refractivity contribution in [1.29, 1.82) is 5.41 Å². The lowest BCUT2D eigenvalue weighted by Crippen LogP contribution is -2.30. The first kappa shape index (κ1) is 24.2. The maximum absolute atomic E-state index is 13.4. The zero-order valence-electron chi connectivity index (χ0n) is 18.8. The second kappa shape index (κ2) is 10.5. The van der Waals surface area contributed by atoms with Gasteiger partial charge in [0.1, 0.15) is 36.1 Å². The van der Waals surface area contributed by atoms with Crippen LogP contribution >= 0.6 is 11.6 Å². The Morgan fingerprint density at radius 3 is 2.91 bits per heavy atom. The molecule has 1 aliphatic rings. The first-order valence-electron chi connectivity index (χ1n) is 10.9. The van der Waals surface area contributed by atoms with Gasteiger partial charge in [-0.2, -0.15) is 0 Å². The first-order valence-corrected chi connectivity index (χ1v) is 11.3. The summed E-state index contributed by atoms with van der Waals surface area (Å²) in [6.45, 7) is 4.77. The number of carbonyl (C=O) groups excluding carboxylic acids is 1. The quantitative estimate of drug-likeness (QED) is 0.321. The second-order valence-electron chi connectivity index (χ2n) is 8.04. The van der Waals surface area contributed by atoms with E-state index in [0.29, 0.717) is 46.4 Å². The van der Waals surface area contributed by atoms with Crippen LogP contribution in [0.5, 0.6) is 5.75 Å². The molecule has 8 nitrogen and oxygen atoms in total. The topological polar surface area (TPSA) is 117 Å². The van der Waals surface area contributed by atoms with E-state index >= 15 is 0 Å². The van der Waals surface area contributed by atoms with E-state index in [1.54, 1.807) is 35.2 Å². The van der Waals surface area contributed by atoms with E-state index in [-0.39, 0.29) is 35.9 Å². The Morgan fingerprint density at radius 1 is 1.34 bits per heavy atom. The highest BCUT2D eigenvalue weighted by Gasteiger charge is 2.27. The van der Waals surface area contributed by atoms with E-state index in [4.69, 9.17) is 27.5 Å². The van der Waals surface area contributed by atoms with Crippen molar-refractivity contribution < 1.29 is 13.9 Å². The lowest BCUT2D eigenvalue weighted by atomic mass is 10.0. The van der Waals surface area contributed by atoms with E-state index in [1.165, 1.54) is 24.5 Å². The van der Waals surface area contributed by atoms with Crippen LogP contribution in [0.15, 0.2) is 61.4 Å². The van der Waals surface area contributed by atoms with E-state index in [1.807, 2.05) is 0 Å². The van der Waals surface area contributed by atoms with Crippen LogP contribution in [0.3, 0.4) is 0 Å². The Morgan fingerprint density at radius 2 is 2.17 bits per heavy atom. The van der Waals surface area contributed by atoms with Gasteiger partial charge in [0.25, 0.3) is 0 Å². The number of nitrogen functional groups attached to an aromatic ring is 1. The molecule has 2 heterocycles. The highest BCUT2D eigenvalue weighted by Crippen LogP contribution is 2.30. The molecule has 35 heavy (non-hydrogen) atoms. The van der Waals surface area contributed by atoms with Crippen LogP contribution in [0.25, 0.3) is 0 Å². The smallest absolute Gasteiger partial charge is 0.246 e. The maximum atomic E-state index is 13.4. The zero-order chi connectivity index (χ0) is 24.9. The van der Waals surface area contributed by atoms with E-state index in [9.17, 15) is 9.18 Å². The molecule has 0 bridgehead atoms. The molecule has 1 atom stereocenters. The maximum Gasteiger partial charge on any atom is 0.246 e. The number of aromatic nitrogens is 2. The molecular formula is C25H24ClFN6O2. The largest absolute Gasteiger partial charge is 0.487 e. The Bertz CT molecular complexity index is 1280. The number of benzene rings is 2. The molecule has 180 valence electrons. The molecule has 10 heteroatoms. The van der Waals surface area contributed by atoms with Crippen LogP contribution in [0.4, 0.5) is 16.0 Å². The molecule has 1 fully saturated rings. The minimum Gasteiger partial charge on any atom is -0.487 e. The number of likely N-dealkylation sites (tertiary alicyclic amines) is 1. The summed E-state index contributed by atoms with van der Waals surface area (Å²) in [6, 6.07) is 11.0. The van der Waals surface area contributed by atoms with Crippen molar-refractivity contribution in [3.05, 3.63) is 89.0 Å². The number of hydrogen-bond donors (Lipinski definition) is 3. The van der Waals surface area contributed by atoms with Gasteiger partial charge >= 0.3 is 0 Å². The third-order valence-electron chi connectivity index (χ3n) is 5.65. The molecule has 0 radical (unpaired) electrons. The van der Waals surface area contributed by atoms with Crippen LogP contribution in [0.1, 0.15) is 23.1 Å². The van der Waals surface area contributed by atoms with Crippen molar-refractivity contribution in [3.8, 4) is 5.75 Å². The van der Waals surface area contributed by atoms with E-state index in [2.05, 4.69) is 21.9 Å². The molecule has 1 saturated heterocycles. The number of anilines is 2. The Hall–Kier alpha value is -3.98. The van der Waals surface area contributed by atoms with Gasteiger partial charge in [-0.15, -0.1) is 0 Å². The van der Waals surface area contributed by atoms with Crippen LogP contribution < -0.4 is 15.8 Å². The highest BCUT2D eigenvalue weighted by molar-refractivity contribution is 6.32. The fraction of sp³-hybridized carbons (Fsp3) is 0.200. The van der Waals surface area contributed by atoms with Crippen LogP contribution in [0.2, 0.25) is 5.02 Å². The standard InChI is InChI=1S/C25H24ClFN6O2/c1-2-21(34)33-9-8-18(12-33)32-25-22(24(29)30-14-31-25)23(28)16-6-7-20(19(26)11-16)35-13-15-4-3-5-17(27)10-15/h2-7,10-11,14,18,28H,1,8-9,12-13H2,(H3,29,30,31,32). The number of halogens is 2. The fourth-order valence-corrected chi connectivity index (χ4v) is 4.10. The highest BCUT2D eigenvalue weighted by atomic mass is 35.5. The minimum absolute atomic E-state index is 0.0538. The third kappa shape index (κ3) is 5.58. The van der Waals surface area contributed by atoms with Gasteiger partial charge in [-0.25, -0.2) is 14.4 Å². The molecule has 3 aromatic rings. The summed E-state index contributed by atoms with van der Waals surface area (Å²) in [5, 5.41) is 12.4. The lowest BCUT2D eigenvalue weighted by Gasteiger charge is -2.19. The molecule has 0 spiro atoms. The summed E-state index contributed by atoms with van der Waals surface area (Å²) in [6.07, 6.45) is 3.34. The molecule has 1 aliphatic heterocycles. The minimum atomic E-state index is -0.342. The molecule has 1 unspecified atom stereocenters. The van der Waals surface area contributed by atoms with E-state index < -0.39 is 0 Å². The van der Waals surface area contributed by atoms with Crippen LogP contribution in [0, 0.1) is 11.2 Å². The van der Waals surface area contributed by atoms with Gasteiger partial charge in [0, 0.05) is 24.7 Å². The SMILES string of the molecule is C=CC(=O)N1CCC(Nc2ncnc(N)c2C(=N)c2ccc(OCc3cccc(F)c3)c(Cl)c2)C1. The number of nitrogens with two attached hydrogens (primary N) is 1. The van der Waals surface area contributed by atoms with E-state index in [0.717, 1.165) is 6.42 Å². The summed E-state index contributed by atoms with van der Waals surface area (Å²) in [5.74, 6) is 0.487. The summed E-state index contributed by atoms with van der Waals surface area (Å²) < 4.78 is 19.1. The average molecular weight is 495 g/mol. The van der Waals surface area contributed by atoms with Crippen molar-refractivity contribution in [3.63, 3.8) is 0 Å². The zero-order valence-corrected chi connectivity index (χ0v) is 19.6. The second-order valence-corrected chi connectivity index (χ2v) is 8.45. The molecule has 1 aromatic heterocycles. The molecule has 4 N–H and O–H groups in total. The molecule has 0 saturated carbocycles. The number of carbonyl (C=O) groups is 1. The summed E-state index contributed by atoms with van der Waals surface area (Å²) in [5.41, 5.74) is 7.71. The predicted molar refractivity (Wildman–Crippen MR) is 133 cm³/mol. The molecular weight excluding hydrogens is 471 g/mol. The Balaban J connectivity index is 1.50. The van der Waals surface area contributed by atoms with Gasteiger partial charge in [0.15, 0.2) is 0 Å². The molecule has 4 rings (SSSR count). The normalized spacial score (nSPS) is 15.0. The Kier molecular flexibility index (Phi) is 7.26. The fourth-order valence-electron chi connectivity index (χ4n) is 3.86. The van der Waals surface area contributed by atoms with Gasteiger partial charge in [-0.3, -0.25) is 10.2 Å². The van der Waals surface area contributed by atoms with Gasteiger partial charge in [-0.05, 0) is 48.4 Å². The van der Waals surface area contributed by atoms with Crippen LogP contribution in [-0.4, -0.2) is 45.6 Å². The van der Waals surface area contributed by atoms with Gasteiger partial charge in [-0.1, -0.05) is 30.3 Å². The van der Waals surface area contributed by atoms with Crippen LogP contribution in [-0.2, 0) is 11.4 Å². The first-order chi connectivity index (χ1) is 16.9.